The van der Waals surface area contributed by atoms with Crippen LogP contribution < -0.4 is 0 Å². The van der Waals surface area contributed by atoms with E-state index in [1.807, 2.05) is 24.3 Å². The van der Waals surface area contributed by atoms with Crippen LogP contribution in [0.25, 0.3) is 0 Å². The Kier molecular flexibility index (Phi) is 5.09. The Hall–Kier alpha value is -2.43. The molecule has 0 saturated heterocycles. The highest BCUT2D eigenvalue weighted by atomic mass is 16.5. The van der Waals surface area contributed by atoms with Gasteiger partial charge in [0.15, 0.2) is 0 Å². The molecule has 2 unspecified atom stereocenters. The number of aliphatic imine (C=N–C) groups is 1. The zero-order valence-corrected chi connectivity index (χ0v) is 12.9. The fourth-order valence-electron chi connectivity index (χ4n) is 2.55. The lowest BCUT2D eigenvalue weighted by molar-refractivity contribution is -0.143. The molecule has 1 aromatic rings. The standard InChI is InChI=1S/C17H19NO4/c1-4-11-5-7-12(8-6-11)15-13(16(19)21-2)9-18-10-14(15)17(20)22-3/h5-10,13,15H,4H2,1-3H3. The molecule has 1 aliphatic heterocycles. The quantitative estimate of drug-likeness (QED) is 0.800. The third-order valence-corrected chi connectivity index (χ3v) is 3.80. The number of aryl methyl sites for hydroxylation is 1. The molecule has 0 radical (unpaired) electrons. The molecule has 0 saturated carbocycles. The fourth-order valence-corrected chi connectivity index (χ4v) is 2.55. The van der Waals surface area contributed by atoms with Crippen molar-refractivity contribution in [3.05, 3.63) is 47.2 Å². The van der Waals surface area contributed by atoms with Gasteiger partial charge in [-0.05, 0) is 17.5 Å². The van der Waals surface area contributed by atoms with Gasteiger partial charge >= 0.3 is 11.9 Å². The van der Waals surface area contributed by atoms with Crippen molar-refractivity contribution in [3.8, 4) is 0 Å². The van der Waals surface area contributed by atoms with Crippen molar-refractivity contribution < 1.29 is 19.1 Å². The van der Waals surface area contributed by atoms with Gasteiger partial charge < -0.3 is 9.47 Å². The molecule has 2 rings (SSSR count). The molecular weight excluding hydrogens is 282 g/mol. The summed E-state index contributed by atoms with van der Waals surface area (Å²) in [7, 11) is 2.63. The minimum Gasteiger partial charge on any atom is -0.468 e. The molecule has 1 heterocycles. The maximum Gasteiger partial charge on any atom is 0.335 e. The van der Waals surface area contributed by atoms with E-state index in [1.54, 1.807) is 0 Å². The molecule has 5 heteroatoms. The van der Waals surface area contributed by atoms with Gasteiger partial charge in [0.05, 0.1) is 19.8 Å². The average molecular weight is 301 g/mol. The van der Waals surface area contributed by atoms with Crippen LogP contribution >= 0.6 is 0 Å². The second-order valence-corrected chi connectivity index (χ2v) is 5.00. The summed E-state index contributed by atoms with van der Waals surface area (Å²) in [5.74, 6) is -2.02. The van der Waals surface area contributed by atoms with E-state index < -0.39 is 23.8 Å². The van der Waals surface area contributed by atoms with Gasteiger partial charge in [0.25, 0.3) is 0 Å². The molecule has 0 amide bonds. The Morgan fingerprint density at radius 2 is 1.82 bits per heavy atom. The van der Waals surface area contributed by atoms with Crippen molar-refractivity contribution in [2.24, 2.45) is 10.9 Å². The number of carbonyl (C=O) groups is 2. The van der Waals surface area contributed by atoms with Gasteiger partial charge in [0, 0.05) is 18.3 Å². The minimum absolute atomic E-state index is 0.352. The number of ether oxygens (including phenoxy) is 2. The maximum absolute atomic E-state index is 12.0. The van der Waals surface area contributed by atoms with E-state index in [0.717, 1.165) is 12.0 Å². The summed E-state index contributed by atoms with van der Waals surface area (Å²) in [6, 6.07) is 7.83. The van der Waals surface area contributed by atoms with Gasteiger partial charge in [-0.1, -0.05) is 31.2 Å². The van der Waals surface area contributed by atoms with Crippen LogP contribution in [0.3, 0.4) is 0 Å². The maximum atomic E-state index is 12.0. The predicted molar refractivity (Wildman–Crippen MR) is 82.7 cm³/mol. The number of methoxy groups -OCH3 is 2. The normalized spacial score (nSPS) is 20.2. The molecule has 0 aliphatic carbocycles. The third kappa shape index (κ3) is 3.08. The smallest absolute Gasteiger partial charge is 0.335 e. The van der Waals surface area contributed by atoms with Crippen LogP contribution in [0.2, 0.25) is 0 Å². The summed E-state index contributed by atoms with van der Waals surface area (Å²) in [6.07, 6.45) is 3.88. The van der Waals surface area contributed by atoms with Crippen LogP contribution in [-0.2, 0) is 25.5 Å². The molecule has 0 spiro atoms. The Balaban J connectivity index is 2.45. The number of carbonyl (C=O) groups excluding carboxylic acids is 2. The topological polar surface area (TPSA) is 65.0 Å². The second kappa shape index (κ2) is 7.02. The molecule has 1 aliphatic rings. The van der Waals surface area contributed by atoms with Gasteiger partial charge in [-0.15, -0.1) is 0 Å². The van der Waals surface area contributed by atoms with E-state index in [9.17, 15) is 9.59 Å². The Morgan fingerprint density at radius 1 is 1.14 bits per heavy atom. The van der Waals surface area contributed by atoms with E-state index in [4.69, 9.17) is 9.47 Å². The number of esters is 2. The molecule has 116 valence electrons. The van der Waals surface area contributed by atoms with Gasteiger partial charge in [0.1, 0.15) is 5.92 Å². The summed E-state index contributed by atoms with van der Waals surface area (Å²) in [5.41, 5.74) is 2.39. The molecule has 5 nitrogen and oxygen atoms in total. The van der Waals surface area contributed by atoms with Crippen molar-refractivity contribution in [2.45, 2.75) is 19.3 Å². The monoisotopic (exact) mass is 301 g/mol. The summed E-state index contributed by atoms with van der Waals surface area (Å²) in [6.45, 7) is 2.07. The van der Waals surface area contributed by atoms with Gasteiger partial charge in [-0.2, -0.15) is 0 Å². The SMILES string of the molecule is CCc1ccc(C2C(C(=O)OC)=CN=CC2C(=O)OC)cc1. The zero-order valence-electron chi connectivity index (χ0n) is 12.9. The Morgan fingerprint density at radius 3 is 2.36 bits per heavy atom. The molecule has 0 bridgehead atoms. The zero-order chi connectivity index (χ0) is 16.1. The molecule has 2 atom stereocenters. The number of benzene rings is 1. The molecular formula is C17H19NO4. The highest BCUT2D eigenvalue weighted by Crippen LogP contribution is 2.35. The summed E-state index contributed by atoms with van der Waals surface area (Å²) >= 11 is 0. The van der Waals surface area contributed by atoms with Crippen LogP contribution in [0.4, 0.5) is 0 Å². The van der Waals surface area contributed by atoms with E-state index in [0.29, 0.717) is 5.57 Å². The van der Waals surface area contributed by atoms with Crippen LogP contribution in [-0.4, -0.2) is 32.4 Å². The predicted octanol–water partition coefficient (Wildman–Crippen LogP) is 2.26. The van der Waals surface area contributed by atoms with E-state index >= 15 is 0 Å². The van der Waals surface area contributed by atoms with E-state index in [1.165, 1.54) is 32.2 Å². The lowest BCUT2D eigenvalue weighted by Gasteiger charge is -2.26. The van der Waals surface area contributed by atoms with Crippen LogP contribution in [0.5, 0.6) is 0 Å². The molecule has 0 fully saturated rings. The molecule has 0 aromatic heterocycles. The largest absolute Gasteiger partial charge is 0.468 e. The van der Waals surface area contributed by atoms with Gasteiger partial charge in [0.2, 0.25) is 0 Å². The first-order valence-electron chi connectivity index (χ1n) is 7.10. The lowest BCUT2D eigenvalue weighted by atomic mass is 9.79. The highest BCUT2D eigenvalue weighted by Gasteiger charge is 2.37. The number of hydrogen-bond acceptors (Lipinski definition) is 5. The van der Waals surface area contributed by atoms with Gasteiger partial charge in [-0.3, -0.25) is 9.79 Å². The average Bonchev–Trinajstić information content (AvgIpc) is 2.59. The highest BCUT2D eigenvalue weighted by molar-refractivity contribution is 5.99. The Bertz CT molecular complexity index is 616. The van der Waals surface area contributed by atoms with Gasteiger partial charge in [-0.25, -0.2) is 4.79 Å². The van der Waals surface area contributed by atoms with Crippen LogP contribution in [0, 0.1) is 5.92 Å². The molecule has 1 aromatic carbocycles. The van der Waals surface area contributed by atoms with Crippen molar-refractivity contribution in [1.29, 1.82) is 0 Å². The van der Waals surface area contributed by atoms with Crippen molar-refractivity contribution >= 4 is 18.2 Å². The number of nitrogens with zero attached hydrogens (tertiary/aromatic N) is 1. The second-order valence-electron chi connectivity index (χ2n) is 5.00. The first kappa shape index (κ1) is 15.9. The van der Waals surface area contributed by atoms with E-state index in [-0.39, 0.29) is 0 Å². The van der Waals surface area contributed by atoms with E-state index in [2.05, 4.69) is 11.9 Å². The number of rotatable bonds is 4. The first-order valence-corrected chi connectivity index (χ1v) is 7.10. The van der Waals surface area contributed by atoms with Crippen molar-refractivity contribution in [1.82, 2.24) is 0 Å². The number of hydrogen-bond donors (Lipinski definition) is 0. The van der Waals surface area contributed by atoms with Crippen molar-refractivity contribution in [2.75, 3.05) is 14.2 Å². The van der Waals surface area contributed by atoms with Crippen molar-refractivity contribution in [3.63, 3.8) is 0 Å². The summed E-state index contributed by atoms with van der Waals surface area (Å²) in [5, 5.41) is 0. The first-order chi connectivity index (χ1) is 10.6. The summed E-state index contributed by atoms with van der Waals surface area (Å²) in [4.78, 5) is 28.0. The molecule has 22 heavy (non-hydrogen) atoms. The minimum atomic E-state index is -0.642. The lowest BCUT2D eigenvalue weighted by Crippen LogP contribution is -2.31. The summed E-state index contributed by atoms with van der Waals surface area (Å²) < 4.78 is 9.65. The molecule has 0 N–H and O–H groups in total. The fraction of sp³-hybridized carbons (Fsp3) is 0.353. The van der Waals surface area contributed by atoms with Crippen LogP contribution in [0.1, 0.15) is 24.0 Å². The Labute approximate surface area is 129 Å². The third-order valence-electron chi connectivity index (χ3n) is 3.80. The van der Waals surface area contributed by atoms with Crippen LogP contribution in [0.15, 0.2) is 41.0 Å².